The Kier molecular flexibility index (Phi) is 1.77. The third kappa shape index (κ3) is 1.30. The molecule has 1 aliphatic rings. The summed E-state index contributed by atoms with van der Waals surface area (Å²) in [5, 5.41) is 0. The minimum absolute atomic E-state index is 0.227. The number of benzene rings is 1. The molecule has 0 radical (unpaired) electrons. The standard InChI is InChI=1S/C10H13NO/c1-7-9(11)10(7)12-8-5-3-2-4-6-8/h2-7,9-10H,11H2,1H3. The smallest absolute Gasteiger partial charge is 0.119 e. The highest BCUT2D eigenvalue weighted by Gasteiger charge is 2.46. The highest BCUT2D eigenvalue weighted by Crippen LogP contribution is 2.32. The van der Waals surface area contributed by atoms with Gasteiger partial charge in [-0.15, -0.1) is 0 Å². The van der Waals surface area contributed by atoms with Crippen LogP contribution in [-0.4, -0.2) is 12.1 Å². The molecule has 2 rings (SSSR count). The van der Waals surface area contributed by atoms with Crippen molar-refractivity contribution in [2.75, 3.05) is 0 Å². The van der Waals surface area contributed by atoms with Crippen molar-refractivity contribution in [1.82, 2.24) is 0 Å². The van der Waals surface area contributed by atoms with Gasteiger partial charge in [0.2, 0.25) is 0 Å². The zero-order valence-corrected chi connectivity index (χ0v) is 7.10. The molecule has 1 aromatic carbocycles. The highest BCUT2D eigenvalue weighted by atomic mass is 16.5. The van der Waals surface area contributed by atoms with Gasteiger partial charge in [-0.05, 0) is 12.1 Å². The lowest BCUT2D eigenvalue weighted by Crippen LogP contribution is -2.10. The summed E-state index contributed by atoms with van der Waals surface area (Å²) >= 11 is 0. The van der Waals surface area contributed by atoms with Crippen molar-refractivity contribution in [2.24, 2.45) is 11.7 Å². The monoisotopic (exact) mass is 163 g/mol. The van der Waals surface area contributed by atoms with E-state index < -0.39 is 0 Å². The van der Waals surface area contributed by atoms with Gasteiger partial charge in [-0.3, -0.25) is 0 Å². The third-order valence-corrected chi connectivity index (χ3v) is 2.38. The second kappa shape index (κ2) is 2.79. The topological polar surface area (TPSA) is 35.2 Å². The Hall–Kier alpha value is -1.02. The number of hydrogen-bond acceptors (Lipinski definition) is 2. The second-order valence-corrected chi connectivity index (χ2v) is 3.33. The molecular formula is C10H13NO. The molecule has 0 bridgehead atoms. The first-order valence-corrected chi connectivity index (χ1v) is 4.26. The molecule has 12 heavy (non-hydrogen) atoms. The normalized spacial score (nSPS) is 33.0. The van der Waals surface area contributed by atoms with Crippen LogP contribution in [0.1, 0.15) is 6.92 Å². The summed E-state index contributed by atoms with van der Waals surface area (Å²) in [6.45, 7) is 2.11. The lowest BCUT2D eigenvalue weighted by Gasteiger charge is -2.03. The lowest BCUT2D eigenvalue weighted by atomic mass is 10.3. The third-order valence-electron chi connectivity index (χ3n) is 2.38. The summed E-state index contributed by atoms with van der Waals surface area (Å²) in [6, 6.07) is 10.0. The molecule has 3 atom stereocenters. The number of ether oxygens (including phenoxy) is 1. The Morgan fingerprint density at radius 3 is 2.33 bits per heavy atom. The van der Waals surface area contributed by atoms with E-state index in [1.54, 1.807) is 0 Å². The van der Waals surface area contributed by atoms with Crippen LogP contribution in [0.25, 0.3) is 0 Å². The van der Waals surface area contributed by atoms with Crippen LogP contribution < -0.4 is 10.5 Å². The molecule has 1 aliphatic carbocycles. The Bertz CT molecular complexity index is 252. The Balaban J connectivity index is 1.97. The zero-order valence-electron chi connectivity index (χ0n) is 7.10. The first kappa shape index (κ1) is 7.62. The van der Waals surface area contributed by atoms with Crippen LogP contribution in [0.4, 0.5) is 0 Å². The van der Waals surface area contributed by atoms with E-state index in [1.165, 1.54) is 0 Å². The van der Waals surface area contributed by atoms with Crippen molar-refractivity contribution in [3.8, 4) is 5.75 Å². The minimum atomic E-state index is 0.227. The zero-order chi connectivity index (χ0) is 8.55. The maximum Gasteiger partial charge on any atom is 0.119 e. The van der Waals surface area contributed by atoms with E-state index in [0.29, 0.717) is 5.92 Å². The Morgan fingerprint density at radius 2 is 1.83 bits per heavy atom. The van der Waals surface area contributed by atoms with Gasteiger partial charge >= 0.3 is 0 Å². The number of nitrogens with two attached hydrogens (primary N) is 1. The van der Waals surface area contributed by atoms with Crippen molar-refractivity contribution >= 4 is 0 Å². The molecule has 0 heterocycles. The van der Waals surface area contributed by atoms with E-state index in [2.05, 4.69) is 6.92 Å². The summed E-state index contributed by atoms with van der Waals surface area (Å²) in [7, 11) is 0. The predicted octanol–water partition coefficient (Wildman–Crippen LogP) is 1.41. The van der Waals surface area contributed by atoms with Gasteiger partial charge in [0.05, 0.1) is 0 Å². The van der Waals surface area contributed by atoms with Crippen LogP contribution in [0, 0.1) is 5.92 Å². The van der Waals surface area contributed by atoms with Gasteiger partial charge in [0, 0.05) is 12.0 Å². The van der Waals surface area contributed by atoms with Crippen molar-refractivity contribution in [1.29, 1.82) is 0 Å². The van der Waals surface area contributed by atoms with Crippen LogP contribution in [0.2, 0.25) is 0 Å². The van der Waals surface area contributed by atoms with E-state index in [0.717, 1.165) is 5.75 Å². The second-order valence-electron chi connectivity index (χ2n) is 3.33. The van der Waals surface area contributed by atoms with E-state index in [9.17, 15) is 0 Å². The molecule has 2 heteroatoms. The molecule has 0 spiro atoms. The predicted molar refractivity (Wildman–Crippen MR) is 48.0 cm³/mol. The Labute approximate surface area is 72.3 Å². The average molecular weight is 163 g/mol. The number of para-hydroxylation sites is 1. The largest absolute Gasteiger partial charge is 0.488 e. The minimum Gasteiger partial charge on any atom is -0.488 e. The van der Waals surface area contributed by atoms with Crippen molar-refractivity contribution < 1.29 is 4.74 Å². The Morgan fingerprint density at radius 1 is 1.25 bits per heavy atom. The molecule has 1 aromatic rings. The molecule has 0 amide bonds. The molecule has 0 saturated heterocycles. The van der Waals surface area contributed by atoms with E-state index in [1.807, 2.05) is 30.3 Å². The van der Waals surface area contributed by atoms with Gasteiger partial charge < -0.3 is 10.5 Å². The molecule has 2 N–H and O–H groups in total. The first-order chi connectivity index (χ1) is 5.79. The van der Waals surface area contributed by atoms with Crippen molar-refractivity contribution in [3.63, 3.8) is 0 Å². The fourth-order valence-electron chi connectivity index (χ4n) is 1.30. The van der Waals surface area contributed by atoms with Crippen LogP contribution >= 0.6 is 0 Å². The molecule has 1 saturated carbocycles. The summed E-state index contributed by atoms with van der Waals surface area (Å²) < 4.78 is 5.62. The van der Waals surface area contributed by atoms with Crippen molar-refractivity contribution in [2.45, 2.75) is 19.1 Å². The summed E-state index contributed by atoms with van der Waals surface area (Å²) in [6.07, 6.45) is 0.229. The average Bonchev–Trinajstić information content (AvgIpc) is 2.65. The number of hydrogen-bond donors (Lipinski definition) is 1. The van der Waals surface area contributed by atoms with Gasteiger partial charge in [0.15, 0.2) is 0 Å². The van der Waals surface area contributed by atoms with E-state index in [-0.39, 0.29) is 12.1 Å². The lowest BCUT2D eigenvalue weighted by molar-refractivity contribution is 0.283. The first-order valence-electron chi connectivity index (χ1n) is 4.26. The van der Waals surface area contributed by atoms with Gasteiger partial charge in [-0.25, -0.2) is 0 Å². The molecular weight excluding hydrogens is 150 g/mol. The molecule has 2 nitrogen and oxygen atoms in total. The van der Waals surface area contributed by atoms with Gasteiger partial charge in [0.25, 0.3) is 0 Å². The van der Waals surface area contributed by atoms with Gasteiger partial charge in [-0.2, -0.15) is 0 Å². The fourth-order valence-corrected chi connectivity index (χ4v) is 1.30. The summed E-state index contributed by atoms with van der Waals surface area (Å²) in [5.74, 6) is 1.42. The maximum absolute atomic E-state index is 5.73. The van der Waals surface area contributed by atoms with Gasteiger partial charge in [0.1, 0.15) is 11.9 Å². The van der Waals surface area contributed by atoms with Crippen molar-refractivity contribution in [3.05, 3.63) is 30.3 Å². The quantitative estimate of drug-likeness (QED) is 0.715. The highest BCUT2D eigenvalue weighted by molar-refractivity contribution is 5.23. The van der Waals surface area contributed by atoms with Gasteiger partial charge in [-0.1, -0.05) is 25.1 Å². The van der Waals surface area contributed by atoms with E-state index >= 15 is 0 Å². The SMILES string of the molecule is CC1C(N)C1Oc1ccccc1. The fraction of sp³-hybridized carbons (Fsp3) is 0.400. The van der Waals surface area contributed by atoms with Crippen LogP contribution in [0.3, 0.4) is 0 Å². The number of rotatable bonds is 2. The van der Waals surface area contributed by atoms with Crippen LogP contribution in [0.5, 0.6) is 5.75 Å². The maximum atomic E-state index is 5.73. The van der Waals surface area contributed by atoms with Crippen LogP contribution in [0.15, 0.2) is 30.3 Å². The molecule has 3 unspecified atom stereocenters. The molecule has 0 aromatic heterocycles. The summed E-state index contributed by atoms with van der Waals surface area (Å²) in [4.78, 5) is 0. The molecule has 1 fully saturated rings. The van der Waals surface area contributed by atoms with Crippen LogP contribution in [-0.2, 0) is 0 Å². The molecule has 64 valence electrons. The molecule has 0 aliphatic heterocycles. The summed E-state index contributed by atoms with van der Waals surface area (Å²) in [5.41, 5.74) is 5.73. The van der Waals surface area contributed by atoms with E-state index in [4.69, 9.17) is 10.5 Å².